The molecule has 0 aliphatic heterocycles. The molecule has 0 aliphatic rings. The summed E-state index contributed by atoms with van der Waals surface area (Å²) in [7, 11) is 1.30. The van der Waals surface area contributed by atoms with Gasteiger partial charge in [-0.25, -0.2) is 0 Å². The van der Waals surface area contributed by atoms with Crippen LogP contribution in [0.5, 0.6) is 0 Å². The second-order valence-corrected chi connectivity index (χ2v) is 6.23. The summed E-state index contributed by atoms with van der Waals surface area (Å²) < 4.78 is 9.68. The van der Waals surface area contributed by atoms with Crippen LogP contribution < -0.4 is 10.6 Å². The predicted molar refractivity (Wildman–Crippen MR) is 99.2 cm³/mol. The Hall–Kier alpha value is -2.80. The summed E-state index contributed by atoms with van der Waals surface area (Å²) in [6.07, 6.45) is 2.08. The molecule has 0 spiro atoms. The molecule has 1 atom stereocenters. The third-order valence-corrected chi connectivity index (χ3v) is 4.07. The summed E-state index contributed by atoms with van der Waals surface area (Å²) in [5.74, 6) is -0.766. The second-order valence-electron chi connectivity index (χ2n) is 5.79. The van der Waals surface area contributed by atoms with Crippen molar-refractivity contribution in [3.05, 3.63) is 59.0 Å². The maximum atomic E-state index is 12.2. The predicted octanol–water partition coefficient (Wildman–Crippen LogP) is 2.86. The Morgan fingerprint density at radius 3 is 2.56 bits per heavy atom. The van der Waals surface area contributed by atoms with E-state index in [1.54, 1.807) is 36.4 Å². The number of furan rings is 1. The first kappa shape index (κ1) is 20.5. The highest BCUT2D eigenvalue weighted by Gasteiger charge is 2.19. The largest absolute Gasteiger partial charge is 0.469 e. The van der Waals surface area contributed by atoms with Gasteiger partial charge in [0.05, 0.1) is 25.8 Å². The van der Waals surface area contributed by atoms with Crippen molar-refractivity contribution in [3.8, 4) is 0 Å². The lowest BCUT2D eigenvalue weighted by atomic mass is 10.0. The fourth-order valence-electron chi connectivity index (χ4n) is 2.41. The van der Waals surface area contributed by atoms with Gasteiger partial charge < -0.3 is 19.8 Å². The molecule has 7 nitrogen and oxygen atoms in total. The van der Waals surface area contributed by atoms with E-state index in [1.807, 2.05) is 0 Å². The molecule has 0 bridgehead atoms. The standard InChI is InChI=1S/C19H21ClN2O5/c1-26-18(24)12-15(13-6-8-14(20)9-7-13)22-17(23)5-2-10-21-19(25)16-4-3-11-27-16/h3-4,6-9,11,15H,2,5,10,12H2,1H3,(H,21,25)(H,22,23). The molecule has 2 N–H and O–H groups in total. The van der Waals surface area contributed by atoms with Crippen molar-refractivity contribution in [1.82, 2.24) is 10.6 Å². The number of amides is 2. The molecule has 1 heterocycles. The number of ether oxygens (including phenoxy) is 1. The van der Waals surface area contributed by atoms with E-state index in [-0.39, 0.29) is 30.4 Å². The zero-order valence-corrected chi connectivity index (χ0v) is 15.6. The average Bonchev–Trinajstić information content (AvgIpc) is 3.20. The monoisotopic (exact) mass is 392 g/mol. The van der Waals surface area contributed by atoms with Gasteiger partial charge in [-0.1, -0.05) is 23.7 Å². The van der Waals surface area contributed by atoms with Crippen LogP contribution >= 0.6 is 11.6 Å². The molecule has 2 rings (SSSR count). The van der Waals surface area contributed by atoms with Crippen LogP contribution in [0.1, 0.15) is 41.4 Å². The van der Waals surface area contributed by atoms with Crippen molar-refractivity contribution in [2.24, 2.45) is 0 Å². The van der Waals surface area contributed by atoms with Crippen LogP contribution in [0.3, 0.4) is 0 Å². The normalized spacial score (nSPS) is 11.5. The number of hydrogen-bond donors (Lipinski definition) is 2. The minimum atomic E-state index is -0.514. The summed E-state index contributed by atoms with van der Waals surface area (Å²) in [6.45, 7) is 0.329. The fourth-order valence-corrected chi connectivity index (χ4v) is 2.54. The zero-order chi connectivity index (χ0) is 19.6. The zero-order valence-electron chi connectivity index (χ0n) is 14.9. The number of halogens is 1. The number of rotatable bonds is 9. The molecule has 2 amide bonds. The van der Waals surface area contributed by atoms with Crippen LogP contribution in [0.25, 0.3) is 0 Å². The van der Waals surface area contributed by atoms with Gasteiger partial charge in [0.15, 0.2) is 5.76 Å². The van der Waals surface area contributed by atoms with E-state index in [9.17, 15) is 14.4 Å². The van der Waals surface area contributed by atoms with E-state index in [4.69, 9.17) is 20.8 Å². The summed E-state index contributed by atoms with van der Waals surface area (Å²) in [4.78, 5) is 35.6. The van der Waals surface area contributed by atoms with E-state index in [0.29, 0.717) is 18.0 Å². The SMILES string of the molecule is COC(=O)CC(NC(=O)CCCNC(=O)c1ccco1)c1ccc(Cl)cc1. The van der Waals surface area contributed by atoms with E-state index in [1.165, 1.54) is 13.4 Å². The Bertz CT molecular complexity index is 759. The maximum Gasteiger partial charge on any atom is 0.307 e. The van der Waals surface area contributed by atoms with Gasteiger partial charge in [0.1, 0.15) is 0 Å². The number of hydrogen-bond acceptors (Lipinski definition) is 5. The quantitative estimate of drug-likeness (QED) is 0.505. The molecule has 0 saturated heterocycles. The lowest BCUT2D eigenvalue weighted by molar-refractivity contribution is -0.141. The minimum absolute atomic E-state index is 0.0130. The van der Waals surface area contributed by atoms with Crippen LogP contribution in [0.2, 0.25) is 5.02 Å². The van der Waals surface area contributed by atoms with Crippen LogP contribution in [0, 0.1) is 0 Å². The number of nitrogens with one attached hydrogen (secondary N) is 2. The van der Waals surface area contributed by atoms with E-state index < -0.39 is 12.0 Å². The van der Waals surface area contributed by atoms with Crippen LogP contribution in [-0.4, -0.2) is 31.4 Å². The number of benzene rings is 1. The molecular formula is C19H21ClN2O5. The molecule has 0 fully saturated rings. The molecule has 1 aromatic carbocycles. The van der Waals surface area contributed by atoms with Crippen LogP contribution in [0.15, 0.2) is 47.1 Å². The molecule has 0 aliphatic carbocycles. The lowest BCUT2D eigenvalue weighted by Crippen LogP contribution is -2.31. The molecule has 2 aromatic rings. The molecule has 144 valence electrons. The average molecular weight is 393 g/mol. The number of carbonyl (C=O) groups excluding carboxylic acids is 3. The third-order valence-electron chi connectivity index (χ3n) is 3.82. The Labute approximate surface area is 162 Å². The third kappa shape index (κ3) is 6.79. The van der Waals surface area contributed by atoms with Gasteiger partial charge in [-0.3, -0.25) is 14.4 Å². The van der Waals surface area contributed by atoms with Gasteiger partial charge in [-0.05, 0) is 36.2 Å². The topological polar surface area (TPSA) is 97.6 Å². The van der Waals surface area contributed by atoms with Gasteiger partial charge in [-0.15, -0.1) is 0 Å². The highest BCUT2D eigenvalue weighted by Crippen LogP contribution is 2.20. The Morgan fingerprint density at radius 1 is 1.19 bits per heavy atom. The second kappa shape index (κ2) is 10.4. The van der Waals surface area contributed by atoms with Gasteiger partial charge in [0.2, 0.25) is 5.91 Å². The molecule has 1 aromatic heterocycles. The summed E-state index contributed by atoms with van der Waals surface area (Å²) in [5, 5.41) is 6.06. The fraction of sp³-hybridized carbons (Fsp3) is 0.316. The summed E-state index contributed by atoms with van der Waals surface area (Å²) in [5.41, 5.74) is 0.754. The van der Waals surface area contributed by atoms with Crippen LogP contribution in [0.4, 0.5) is 0 Å². The lowest BCUT2D eigenvalue weighted by Gasteiger charge is -2.18. The molecule has 0 radical (unpaired) electrons. The van der Waals surface area contributed by atoms with Gasteiger partial charge in [-0.2, -0.15) is 0 Å². The van der Waals surface area contributed by atoms with E-state index >= 15 is 0 Å². The number of carbonyl (C=O) groups is 3. The van der Waals surface area contributed by atoms with Crippen molar-refractivity contribution >= 4 is 29.4 Å². The van der Waals surface area contributed by atoms with Gasteiger partial charge >= 0.3 is 5.97 Å². The number of methoxy groups -OCH3 is 1. The number of esters is 1. The van der Waals surface area contributed by atoms with Crippen molar-refractivity contribution in [2.45, 2.75) is 25.3 Å². The van der Waals surface area contributed by atoms with Crippen LogP contribution in [-0.2, 0) is 14.3 Å². The molecule has 1 unspecified atom stereocenters. The first-order valence-electron chi connectivity index (χ1n) is 8.43. The van der Waals surface area contributed by atoms with Gasteiger partial charge in [0.25, 0.3) is 5.91 Å². The maximum absolute atomic E-state index is 12.2. The highest BCUT2D eigenvalue weighted by molar-refractivity contribution is 6.30. The van der Waals surface area contributed by atoms with E-state index in [0.717, 1.165) is 5.56 Å². The Morgan fingerprint density at radius 2 is 1.93 bits per heavy atom. The smallest absolute Gasteiger partial charge is 0.307 e. The van der Waals surface area contributed by atoms with Crippen molar-refractivity contribution in [3.63, 3.8) is 0 Å². The summed E-state index contributed by atoms with van der Waals surface area (Å²) in [6, 6.07) is 9.56. The Balaban J connectivity index is 1.82. The summed E-state index contributed by atoms with van der Waals surface area (Å²) >= 11 is 5.88. The molecular weight excluding hydrogens is 372 g/mol. The van der Waals surface area contributed by atoms with Crippen molar-refractivity contribution in [1.29, 1.82) is 0 Å². The van der Waals surface area contributed by atoms with Crippen molar-refractivity contribution < 1.29 is 23.5 Å². The molecule has 27 heavy (non-hydrogen) atoms. The van der Waals surface area contributed by atoms with E-state index in [2.05, 4.69) is 10.6 Å². The molecule has 0 saturated carbocycles. The van der Waals surface area contributed by atoms with Crippen molar-refractivity contribution in [2.75, 3.05) is 13.7 Å². The highest BCUT2D eigenvalue weighted by atomic mass is 35.5. The Kier molecular flexibility index (Phi) is 7.88. The van der Waals surface area contributed by atoms with Gasteiger partial charge in [0, 0.05) is 18.0 Å². The minimum Gasteiger partial charge on any atom is -0.469 e. The first-order chi connectivity index (χ1) is 13.0. The first-order valence-corrected chi connectivity index (χ1v) is 8.80. The molecule has 8 heteroatoms.